The Morgan fingerprint density at radius 2 is 1.29 bits per heavy atom. The summed E-state index contributed by atoms with van der Waals surface area (Å²) in [4.78, 5) is 28.5. The number of carbonyl (C=O) groups is 2. The maximum atomic E-state index is 10.0. The molecule has 2 unspecified atom stereocenters. The van der Waals surface area contributed by atoms with E-state index in [-0.39, 0.29) is 5.69 Å². The quantitative estimate of drug-likeness (QED) is 0.464. The molecule has 0 amide bonds. The van der Waals surface area contributed by atoms with Gasteiger partial charge >= 0.3 is 11.9 Å². The number of non-ortho nitro benzene ring substituents is 1. The highest BCUT2D eigenvalue weighted by atomic mass is 16.6. The molecule has 0 spiro atoms. The third kappa shape index (κ3) is 13.7. The Hall–Kier alpha value is -2.52. The topological polar surface area (TPSA) is 158 Å². The van der Waals surface area contributed by atoms with Crippen LogP contribution in [-0.2, 0) is 9.59 Å². The lowest BCUT2D eigenvalue weighted by molar-refractivity contribution is -0.384. The smallest absolute Gasteiger partial charge is 0.332 e. The van der Waals surface area contributed by atoms with Crippen molar-refractivity contribution in [2.75, 3.05) is 0 Å². The van der Waals surface area contributed by atoms with Crippen LogP contribution in [-0.4, -0.2) is 49.5 Å². The van der Waals surface area contributed by atoms with Gasteiger partial charge in [0, 0.05) is 12.1 Å². The molecule has 21 heavy (non-hydrogen) atoms. The van der Waals surface area contributed by atoms with Crippen molar-refractivity contribution in [2.24, 2.45) is 0 Å². The molecule has 0 heterocycles. The number of nitro benzene ring substituents is 1. The summed E-state index contributed by atoms with van der Waals surface area (Å²) in [6, 6.07) is 7.93. The van der Waals surface area contributed by atoms with Gasteiger partial charge in [0.1, 0.15) is 12.2 Å². The zero-order valence-corrected chi connectivity index (χ0v) is 11.4. The number of hydrogen-bond donors (Lipinski definition) is 4. The molecule has 0 radical (unpaired) electrons. The summed E-state index contributed by atoms with van der Waals surface area (Å²) in [5.41, 5.74) is 0.137. The van der Waals surface area contributed by atoms with Crippen molar-refractivity contribution in [3.05, 3.63) is 40.4 Å². The molecule has 0 aromatic heterocycles. The number of carboxylic acid groups (broad SMARTS) is 2. The number of aliphatic carboxylic acids is 2. The molecule has 0 fully saturated rings. The Labute approximate surface area is 120 Å². The predicted molar refractivity (Wildman–Crippen MR) is 71.7 cm³/mol. The van der Waals surface area contributed by atoms with Crippen LogP contribution >= 0.6 is 0 Å². The first-order valence-corrected chi connectivity index (χ1v) is 5.60. The number of nitrogens with zero attached hydrogens (tertiary/aromatic N) is 1. The van der Waals surface area contributed by atoms with Crippen molar-refractivity contribution in [3.8, 4) is 0 Å². The molecule has 118 valence electrons. The SMILES string of the molecule is CC(O)C(=O)O.CC(O)C(=O)O.O=[N+]([O-])c1ccccc1. The number of benzene rings is 1. The van der Waals surface area contributed by atoms with Crippen LogP contribution < -0.4 is 0 Å². The monoisotopic (exact) mass is 303 g/mol. The second kappa shape index (κ2) is 11.3. The molecule has 1 aromatic rings. The van der Waals surface area contributed by atoms with E-state index in [1.165, 1.54) is 26.0 Å². The van der Waals surface area contributed by atoms with Crippen molar-refractivity contribution in [3.63, 3.8) is 0 Å². The number of para-hydroxylation sites is 1. The van der Waals surface area contributed by atoms with Crippen molar-refractivity contribution in [1.82, 2.24) is 0 Å². The van der Waals surface area contributed by atoms with Gasteiger partial charge < -0.3 is 20.4 Å². The number of aliphatic hydroxyl groups excluding tert-OH is 2. The van der Waals surface area contributed by atoms with Gasteiger partial charge in [-0.25, -0.2) is 9.59 Å². The van der Waals surface area contributed by atoms with E-state index in [1.54, 1.807) is 18.2 Å². The van der Waals surface area contributed by atoms with Crippen molar-refractivity contribution >= 4 is 17.6 Å². The van der Waals surface area contributed by atoms with E-state index in [0.717, 1.165) is 0 Å². The Balaban J connectivity index is 0. The minimum Gasteiger partial charge on any atom is -0.479 e. The first-order valence-electron chi connectivity index (χ1n) is 5.60. The molecule has 0 bridgehead atoms. The molecule has 1 aromatic carbocycles. The number of carboxylic acids is 2. The minimum atomic E-state index is -1.23. The summed E-state index contributed by atoms with van der Waals surface area (Å²) in [7, 11) is 0. The van der Waals surface area contributed by atoms with Gasteiger partial charge in [-0.2, -0.15) is 0 Å². The van der Waals surface area contributed by atoms with Gasteiger partial charge in [0.2, 0.25) is 0 Å². The van der Waals surface area contributed by atoms with E-state index in [0.29, 0.717) is 0 Å². The zero-order valence-electron chi connectivity index (χ0n) is 11.4. The number of hydrogen-bond acceptors (Lipinski definition) is 6. The zero-order chi connectivity index (χ0) is 17.0. The van der Waals surface area contributed by atoms with E-state index >= 15 is 0 Å². The molecule has 9 heteroatoms. The molecule has 1 rings (SSSR count). The van der Waals surface area contributed by atoms with Crippen molar-refractivity contribution in [1.29, 1.82) is 0 Å². The Morgan fingerprint density at radius 3 is 1.43 bits per heavy atom. The van der Waals surface area contributed by atoms with Gasteiger partial charge in [0.25, 0.3) is 5.69 Å². The van der Waals surface area contributed by atoms with Gasteiger partial charge in [0.15, 0.2) is 0 Å². The Bertz CT molecular complexity index is 426. The Morgan fingerprint density at radius 1 is 1.00 bits per heavy atom. The van der Waals surface area contributed by atoms with E-state index in [2.05, 4.69) is 0 Å². The van der Waals surface area contributed by atoms with Crippen molar-refractivity contribution in [2.45, 2.75) is 26.1 Å². The van der Waals surface area contributed by atoms with Gasteiger partial charge in [-0.15, -0.1) is 0 Å². The van der Waals surface area contributed by atoms with Crippen LogP contribution in [0.5, 0.6) is 0 Å². The summed E-state index contributed by atoms with van der Waals surface area (Å²) >= 11 is 0. The van der Waals surface area contributed by atoms with Crippen LogP contribution in [0.3, 0.4) is 0 Å². The maximum absolute atomic E-state index is 10.0. The average molecular weight is 303 g/mol. The first kappa shape index (κ1) is 20.8. The molecule has 0 saturated heterocycles. The number of aliphatic hydroxyl groups is 2. The highest BCUT2D eigenvalue weighted by molar-refractivity contribution is 5.71. The number of rotatable bonds is 3. The number of nitro groups is 1. The normalized spacial score (nSPS) is 11.6. The summed E-state index contributed by atoms with van der Waals surface area (Å²) < 4.78 is 0. The van der Waals surface area contributed by atoms with E-state index in [1.807, 2.05) is 0 Å². The molecule has 0 aliphatic rings. The van der Waals surface area contributed by atoms with Crippen LogP contribution in [0.1, 0.15) is 13.8 Å². The van der Waals surface area contributed by atoms with Crippen LogP contribution in [0.15, 0.2) is 30.3 Å². The summed E-state index contributed by atoms with van der Waals surface area (Å²) in [6.07, 6.45) is -2.46. The highest BCUT2D eigenvalue weighted by Crippen LogP contribution is 2.06. The lowest BCUT2D eigenvalue weighted by atomic mass is 10.3. The van der Waals surface area contributed by atoms with Gasteiger partial charge in [-0.3, -0.25) is 10.1 Å². The molecular weight excluding hydrogens is 286 g/mol. The standard InChI is InChI=1S/C6H5NO2.2C3H6O3/c8-7(9)6-4-2-1-3-5-6;2*1-2(4)3(5)6/h1-5H;2*2,4H,1H3,(H,5,6). The fourth-order valence-corrected chi connectivity index (χ4v) is 0.550. The van der Waals surface area contributed by atoms with Crippen molar-refractivity contribution < 1.29 is 34.9 Å². The third-order valence-corrected chi connectivity index (χ3v) is 1.68. The highest BCUT2D eigenvalue weighted by Gasteiger charge is 2.02. The fraction of sp³-hybridized carbons (Fsp3) is 0.333. The lowest BCUT2D eigenvalue weighted by Crippen LogP contribution is -2.13. The largest absolute Gasteiger partial charge is 0.479 e. The fourth-order valence-electron chi connectivity index (χ4n) is 0.550. The second-order valence-corrected chi connectivity index (χ2v) is 3.62. The molecule has 9 nitrogen and oxygen atoms in total. The van der Waals surface area contributed by atoms with Crippen LogP contribution in [0.2, 0.25) is 0 Å². The summed E-state index contributed by atoms with van der Waals surface area (Å²) in [5.74, 6) is -2.37. The van der Waals surface area contributed by atoms with Gasteiger partial charge in [-0.1, -0.05) is 18.2 Å². The van der Waals surface area contributed by atoms with E-state index in [4.69, 9.17) is 20.4 Å². The molecule has 2 atom stereocenters. The van der Waals surface area contributed by atoms with E-state index in [9.17, 15) is 19.7 Å². The summed E-state index contributed by atoms with van der Waals surface area (Å²) in [5, 5.41) is 41.5. The lowest BCUT2D eigenvalue weighted by Gasteiger charge is -1.89. The van der Waals surface area contributed by atoms with Crippen LogP contribution in [0.4, 0.5) is 5.69 Å². The molecule has 0 aliphatic heterocycles. The molecule has 0 aliphatic carbocycles. The average Bonchev–Trinajstić information content (AvgIpc) is 2.40. The first-order chi connectivity index (χ1) is 9.59. The van der Waals surface area contributed by atoms with Gasteiger partial charge in [0.05, 0.1) is 4.92 Å². The Kier molecular flexibility index (Phi) is 11.2. The second-order valence-electron chi connectivity index (χ2n) is 3.62. The summed E-state index contributed by atoms with van der Waals surface area (Å²) in [6.45, 7) is 2.39. The third-order valence-electron chi connectivity index (χ3n) is 1.68. The predicted octanol–water partition coefficient (Wildman–Crippen LogP) is 0.498. The van der Waals surface area contributed by atoms with Gasteiger partial charge in [-0.05, 0) is 13.8 Å². The molecule has 4 N–H and O–H groups in total. The molecule has 0 saturated carbocycles. The van der Waals surface area contributed by atoms with Crippen LogP contribution in [0, 0.1) is 10.1 Å². The molecular formula is C12H17NO8. The van der Waals surface area contributed by atoms with Crippen LogP contribution in [0.25, 0.3) is 0 Å². The maximum Gasteiger partial charge on any atom is 0.332 e. The minimum absolute atomic E-state index is 0.137. The van der Waals surface area contributed by atoms with E-state index < -0.39 is 29.1 Å².